The molecule has 0 aromatic carbocycles. The van der Waals surface area contributed by atoms with Crippen LogP contribution in [0.4, 0.5) is 0 Å². The fourth-order valence-corrected chi connectivity index (χ4v) is 3.07. The van der Waals surface area contributed by atoms with E-state index in [0.29, 0.717) is 30.4 Å². The summed E-state index contributed by atoms with van der Waals surface area (Å²) in [6, 6.07) is 0. The molecule has 0 aliphatic carbocycles. The lowest BCUT2D eigenvalue weighted by Crippen LogP contribution is -2.55. The fourth-order valence-electron chi connectivity index (χ4n) is 3.07. The van der Waals surface area contributed by atoms with Gasteiger partial charge in [0.1, 0.15) is 0 Å². The summed E-state index contributed by atoms with van der Waals surface area (Å²) >= 11 is 0. The number of amides is 1. The molecule has 0 aliphatic rings. The van der Waals surface area contributed by atoms with E-state index in [0.717, 1.165) is 16.8 Å². The second kappa shape index (κ2) is 9.57. The third-order valence-electron chi connectivity index (χ3n) is 5.30. The summed E-state index contributed by atoms with van der Waals surface area (Å²) in [4.78, 5) is 29.0. The highest BCUT2D eigenvalue weighted by atomic mass is 35.5. The molecule has 154 valence electrons. The zero-order valence-corrected chi connectivity index (χ0v) is 18.4. The van der Waals surface area contributed by atoms with E-state index in [1.165, 1.54) is 0 Å². The Balaban J connectivity index is 0.00000338. The maximum atomic E-state index is 12.4. The molecule has 0 fully saturated rings. The molecule has 2 rings (SSSR count). The Hall–Kier alpha value is -1.57. The van der Waals surface area contributed by atoms with Crippen LogP contribution in [0.15, 0.2) is 4.79 Å². The van der Waals surface area contributed by atoms with Crippen molar-refractivity contribution in [2.24, 2.45) is 18.7 Å². The van der Waals surface area contributed by atoms with Crippen molar-refractivity contribution in [3.63, 3.8) is 0 Å². The number of hydrogen-bond acceptors (Lipinski definition) is 4. The van der Waals surface area contributed by atoms with E-state index in [-0.39, 0.29) is 42.2 Å². The van der Waals surface area contributed by atoms with Crippen LogP contribution in [-0.4, -0.2) is 32.8 Å². The van der Waals surface area contributed by atoms with Gasteiger partial charge in [-0.3, -0.25) is 19.4 Å². The number of pyridine rings is 1. The molecule has 2 heterocycles. The van der Waals surface area contributed by atoms with Gasteiger partial charge in [-0.2, -0.15) is 0 Å². The number of nitrogens with zero attached hydrogens (tertiary/aromatic N) is 2. The van der Waals surface area contributed by atoms with Crippen LogP contribution >= 0.6 is 24.8 Å². The Kier molecular flexibility index (Phi) is 9.02. The standard InChI is InChI=1S/C18H29N5O2.2ClH/c1-10(2)18(5,9-19)21-14(24)8-7-13-11(3)15-16(20-12(13)4)23(6)22-17(15)25;;/h10H,7-9,19H2,1-6H3,(H,21,24)(H,22,25);2*1H. The van der Waals surface area contributed by atoms with Crippen molar-refractivity contribution in [3.8, 4) is 0 Å². The number of nitrogens with one attached hydrogen (secondary N) is 2. The monoisotopic (exact) mass is 419 g/mol. The van der Waals surface area contributed by atoms with Gasteiger partial charge in [0, 0.05) is 25.7 Å². The minimum Gasteiger partial charge on any atom is -0.349 e. The van der Waals surface area contributed by atoms with Gasteiger partial charge in [0.05, 0.1) is 10.9 Å². The van der Waals surface area contributed by atoms with Gasteiger partial charge < -0.3 is 11.1 Å². The van der Waals surface area contributed by atoms with Crippen LogP contribution < -0.4 is 16.6 Å². The van der Waals surface area contributed by atoms with Crippen molar-refractivity contribution < 1.29 is 4.79 Å². The SMILES string of the molecule is Cc1nc2c(c(C)c1CCC(=O)NC(C)(CN)C(C)C)c(=O)[nH]n2C.Cl.Cl. The number of H-pyrrole nitrogens is 1. The van der Waals surface area contributed by atoms with E-state index in [9.17, 15) is 9.59 Å². The van der Waals surface area contributed by atoms with Gasteiger partial charge in [-0.05, 0) is 44.2 Å². The molecular weight excluding hydrogens is 389 g/mol. The van der Waals surface area contributed by atoms with E-state index in [1.54, 1.807) is 11.7 Å². The number of nitrogens with two attached hydrogens (primary N) is 1. The summed E-state index contributed by atoms with van der Waals surface area (Å²) in [5.74, 6) is 0.202. The van der Waals surface area contributed by atoms with Crippen molar-refractivity contribution in [1.29, 1.82) is 0 Å². The van der Waals surface area contributed by atoms with Gasteiger partial charge in [-0.1, -0.05) is 13.8 Å². The third kappa shape index (κ3) is 5.03. The Morgan fingerprint density at radius 1 is 1.33 bits per heavy atom. The van der Waals surface area contributed by atoms with Crippen LogP contribution in [0.2, 0.25) is 0 Å². The molecule has 0 bridgehead atoms. The lowest BCUT2D eigenvalue weighted by atomic mass is 9.88. The summed E-state index contributed by atoms with van der Waals surface area (Å²) in [5.41, 5.74) is 8.60. The second-order valence-electron chi connectivity index (χ2n) is 7.32. The van der Waals surface area contributed by atoms with Crippen molar-refractivity contribution in [2.75, 3.05) is 6.54 Å². The Morgan fingerprint density at radius 3 is 2.44 bits per heavy atom. The summed E-state index contributed by atoms with van der Waals surface area (Å²) in [6.07, 6.45) is 0.876. The number of aryl methyl sites for hydroxylation is 3. The summed E-state index contributed by atoms with van der Waals surface area (Å²) in [7, 11) is 1.77. The van der Waals surface area contributed by atoms with Crippen LogP contribution in [0.5, 0.6) is 0 Å². The normalized spacial score (nSPS) is 13.0. The van der Waals surface area contributed by atoms with E-state index in [1.807, 2.05) is 34.6 Å². The fraction of sp³-hybridized carbons (Fsp3) is 0.611. The molecule has 7 nitrogen and oxygen atoms in total. The van der Waals surface area contributed by atoms with E-state index in [2.05, 4.69) is 15.4 Å². The second-order valence-corrected chi connectivity index (χ2v) is 7.32. The molecule has 27 heavy (non-hydrogen) atoms. The topological polar surface area (TPSA) is 106 Å². The lowest BCUT2D eigenvalue weighted by molar-refractivity contribution is -0.123. The average molecular weight is 420 g/mol. The Bertz CT molecular complexity index is 860. The van der Waals surface area contributed by atoms with Crippen LogP contribution in [-0.2, 0) is 18.3 Å². The zero-order valence-electron chi connectivity index (χ0n) is 16.8. The van der Waals surface area contributed by atoms with Crippen LogP contribution in [0.3, 0.4) is 0 Å². The number of carbonyl (C=O) groups excluding carboxylic acids is 1. The predicted octanol–water partition coefficient (Wildman–Crippen LogP) is 2.14. The van der Waals surface area contributed by atoms with Gasteiger partial charge in [0.25, 0.3) is 5.56 Å². The number of aromatic amines is 1. The number of rotatable bonds is 6. The van der Waals surface area contributed by atoms with Gasteiger partial charge in [0.15, 0.2) is 5.65 Å². The highest BCUT2D eigenvalue weighted by molar-refractivity contribution is 5.85. The van der Waals surface area contributed by atoms with Gasteiger partial charge in [0.2, 0.25) is 5.91 Å². The smallest absolute Gasteiger partial charge is 0.273 e. The number of hydrogen-bond donors (Lipinski definition) is 3. The summed E-state index contributed by atoms with van der Waals surface area (Å²) < 4.78 is 1.63. The minimum absolute atomic E-state index is 0. The largest absolute Gasteiger partial charge is 0.349 e. The molecule has 1 amide bonds. The third-order valence-corrected chi connectivity index (χ3v) is 5.30. The van der Waals surface area contributed by atoms with Gasteiger partial charge in [-0.15, -0.1) is 24.8 Å². The van der Waals surface area contributed by atoms with Crippen LogP contribution in [0.25, 0.3) is 11.0 Å². The Labute approximate surface area is 172 Å². The highest BCUT2D eigenvalue weighted by Crippen LogP contribution is 2.21. The summed E-state index contributed by atoms with van der Waals surface area (Å²) in [5, 5.41) is 6.38. The maximum Gasteiger partial charge on any atom is 0.273 e. The van der Waals surface area contributed by atoms with Crippen molar-refractivity contribution in [3.05, 3.63) is 27.2 Å². The molecule has 1 atom stereocenters. The average Bonchev–Trinajstić information content (AvgIpc) is 2.80. The molecule has 9 heteroatoms. The van der Waals surface area contributed by atoms with Crippen molar-refractivity contribution in [2.45, 2.75) is 53.0 Å². The van der Waals surface area contributed by atoms with Crippen LogP contribution in [0.1, 0.15) is 44.0 Å². The molecule has 2 aromatic rings. The van der Waals surface area contributed by atoms with Gasteiger partial charge in [-0.25, -0.2) is 4.98 Å². The number of halogens is 2. The van der Waals surface area contributed by atoms with Gasteiger partial charge >= 0.3 is 0 Å². The molecule has 0 saturated heterocycles. The zero-order chi connectivity index (χ0) is 18.9. The van der Waals surface area contributed by atoms with E-state index in [4.69, 9.17) is 5.73 Å². The van der Waals surface area contributed by atoms with Crippen molar-refractivity contribution in [1.82, 2.24) is 20.1 Å². The predicted molar refractivity (Wildman–Crippen MR) is 114 cm³/mol. The minimum atomic E-state index is -0.417. The molecule has 2 aromatic heterocycles. The van der Waals surface area contributed by atoms with Crippen LogP contribution in [0, 0.1) is 19.8 Å². The number of aromatic nitrogens is 3. The molecule has 0 radical (unpaired) electrons. The molecule has 1 unspecified atom stereocenters. The molecular formula is C18H31Cl2N5O2. The van der Waals surface area contributed by atoms with E-state index >= 15 is 0 Å². The molecule has 0 spiro atoms. The molecule has 4 N–H and O–H groups in total. The van der Waals surface area contributed by atoms with Crippen molar-refractivity contribution >= 4 is 41.8 Å². The maximum absolute atomic E-state index is 12.4. The first-order chi connectivity index (χ1) is 11.6. The lowest BCUT2D eigenvalue weighted by Gasteiger charge is -2.33. The Morgan fingerprint density at radius 2 is 1.93 bits per heavy atom. The first-order valence-electron chi connectivity index (χ1n) is 8.66. The number of fused-ring (bicyclic) bond motifs is 1. The van der Waals surface area contributed by atoms with E-state index < -0.39 is 5.54 Å². The molecule has 0 aliphatic heterocycles. The molecule has 0 saturated carbocycles. The quantitative estimate of drug-likeness (QED) is 0.666. The number of carbonyl (C=O) groups is 1. The first kappa shape index (κ1) is 25.4. The first-order valence-corrected chi connectivity index (χ1v) is 8.66. The summed E-state index contributed by atoms with van der Waals surface area (Å²) in [6.45, 7) is 10.3. The highest BCUT2D eigenvalue weighted by Gasteiger charge is 2.28.